The highest BCUT2D eigenvalue weighted by Crippen LogP contribution is 2.32. The maximum atomic E-state index is 12.8. The highest BCUT2D eigenvalue weighted by atomic mass is 16.6. The molecule has 38 heavy (non-hydrogen) atoms. The van der Waals surface area contributed by atoms with Gasteiger partial charge in [-0.25, -0.2) is 9.78 Å². The summed E-state index contributed by atoms with van der Waals surface area (Å²) in [6.07, 6.45) is 3.94. The molecule has 2 heterocycles. The lowest BCUT2D eigenvalue weighted by Crippen LogP contribution is -2.47. The third kappa shape index (κ3) is 6.73. The Labute approximate surface area is 222 Å². The zero-order valence-electron chi connectivity index (χ0n) is 22.7. The summed E-state index contributed by atoms with van der Waals surface area (Å²) in [5.41, 5.74) is 1.79. The van der Waals surface area contributed by atoms with Gasteiger partial charge in [0.2, 0.25) is 11.7 Å². The van der Waals surface area contributed by atoms with Crippen molar-refractivity contribution in [2.45, 2.75) is 78.5 Å². The Morgan fingerprint density at radius 2 is 1.74 bits per heavy atom. The van der Waals surface area contributed by atoms with E-state index in [1.165, 1.54) is 6.20 Å². The smallest absolute Gasteiger partial charge is 0.329 e. The number of oxazole rings is 1. The van der Waals surface area contributed by atoms with Gasteiger partial charge in [0.15, 0.2) is 0 Å². The number of amides is 2. The van der Waals surface area contributed by atoms with Gasteiger partial charge in [-0.2, -0.15) is 5.10 Å². The number of aromatic nitrogens is 1. The summed E-state index contributed by atoms with van der Waals surface area (Å²) in [6.45, 7) is 11.0. The van der Waals surface area contributed by atoms with Gasteiger partial charge in [0.05, 0.1) is 11.9 Å². The van der Waals surface area contributed by atoms with Gasteiger partial charge < -0.3 is 19.8 Å². The van der Waals surface area contributed by atoms with E-state index in [1.807, 2.05) is 39.0 Å². The van der Waals surface area contributed by atoms with Gasteiger partial charge in [0.25, 0.3) is 11.8 Å². The van der Waals surface area contributed by atoms with Crippen molar-refractivity contribution in [3.05, 3.63) is 41.8 Å². The normalized spacial score (nSPS) is 16.9. The molecule has 1 aliphatic carbocycles. The third-order valence-electron chi connectivity index (χ3n) is 6.36. The monoisotopic (exact) mass is 521 g/mol. The maximum Gasteiger partial charge on any atom is 0.329 e. The zero-order valence-corrected chi connectivity index (χ0v) is 22.7. The molecule has 2 N–H and O–H groups in total. The highest BCUT2D eigenvalue weighted by molar-refractivity contribution is 6.44. The minimum Gasteiger partial charge on any atom is -0.458 e. The van der Waals surface area contributed by atoms with E-state index >= 15 is 0 Å². The fraction of sp³-hybridized carbons (Fsp3) is 0.500. The van der Waals surface area contributed by atoms with Crippen LogP contribution < -0.4 is 10.6 Å². The molecular weight excluding hydrogens is 486 g/mol. The van der Waals surface area contributed by atoms with E-state index in [4.69, 9.17) is 9.15 Å². The van der Waals surface area contributed by atoms with Crippen LogP contribution in [-0.2, 0) is 14.3 Å². The molecule has 1 aliphatic heterocycles. The second kappa shape index (κ2) is 10.9. The van der Waals surface area contributed by atoms with Crippen LogP contribution in [0.25, 0.3) is 11.5 Å². The SMILES string of the molecule is CC(C)[C@H](NC(=O)c1cnc(-c2cccc(C3=NN=C(C(=O)N[C@@H](C)C4CC4)C3)c2)o1)C(=O)OC(C)(C)C. The van der Waals surface area contributed by atoms with Gasteiger partial charge in [-0.05, 0) is 70.1 Å². The molecule has 0 bridgehead atoms. The van der Waals surface area contributed by atoms with Crippen LogP contribution in [0.4, 0.5) is 0 Å². The van der Waals surface area contributed by atoms with Crippen LogP contribution in [0.5, 0.6) is 0 Å². The minimum absolute atomic E-state index is 0.0232. The van der Waals surface area contributed by atoms with E-state index in [1.54, 1.807) is 26.8 Å². The molecule has 0 saturated heterocycles. The van der Waals surface area contributed by atoms with Crippen molar-refractivity contribution >= 4 is 29.2 Å². The van der Waals surface area contributed by atoms with Crippen LogP contribution in [0, 0.1) is 11.8 Å². The van der Waals surface area contributed by atoms with Crippen LogP contribution in [0.3, 0.4) is 0 Å². The van der Waals surface area contributed by atoms with Crippen LogP contribution in [0.15, 0.2) is 45.1 Å². The summed E-state index contributed by atoms with van der Waals surface area (Å²) in [5.74, 6) is -0.674. The van der Waals surface area contributed by atoms with Crippen LogP contribution in [0.2, 0.25) is 0 Å². The molecule has 1 aromatic heterocycles. The molecule has 0 spiro atoms. The summed E-state index contributed by atoms with van der Waals surface area (Å²) < 4.78 is 11.2. The topological polar surface area (TPSA) is 135 Å². The minimum atomic E-state index is -0.836. The Bertz CT molecular complexity index is 1280. The first-order chi connectivity index (χ1) is 17.9. The van der Waals surface area contributed by atoms with Crippen molar-refractivity contribution in [3.8, 4) is 11.5 Å². The van der Waals surface area contributed by atoms with Crippen LogP contribution in [-0.4, -0.2) is 51.9 Å². The maximum absolute atomic E-state index is 12.8. The number of rotatable bonds is 9. The van der Waals surface area contributed by atoms with Crippen LogP contribution >= 0.6 is 0 Å². The predicted molar refractivity (Wildman–Crippen MR) is 143 cm³/mol. The van der Waals surface area contributed by atoms with Crippen molar-refractivity contribution in [1.82, 2.24) is 15.6 Å². The van der Waals surface area contributed by atoms with E-state index in [9.17, 15) is 14.4 Å². The second-order valence-corrected chi connectivity index (χ2v) is 11.2. The molecule has 1 aromatic carbocycles. The van der Waals surface area contributed by atoms with E-state index in [-0.39, 0.29) is 29.5 Å². The molecule has 2 aromatic rings. The first-order valence-corrected chi connectivity index (χ1v) is 13.0. The lowest BCUT2D eigenvalue weighted by Gasteiger charge is -2.26. The zero-order chi connectivity index (χ0) is 27.6. The summed E-state index contributed by atoms with van der Waals surface area (Å²) in [4.78, 5) is 42.2. The Balaban J connectivity index is 1.40. The number of carbonyl (C=O) groups excluding carboxylic acids is 3. The Hall–Kier alpha value is -3.82. The number of nitrogens with zero attached hydrogens (tertiary/aromatic N) is 3. The van der Waals surface area contributed by atoms with Crippen molar-refractivity contribution in [1.29, 1.82) is 0 Å². The van der Waals surface area contributed by atoms with Gasteiger partial charge in [0.1, 0.15) is 17.4 Å². The van der Waals surface area contributed by atoms with Crippen molar-refractivity contribution in [3.63, 3.8) is 0 Å². The summed E-state index contributed by atoms with van der Waals surface area (Å²) in [5, 5.41) is 14.0. The van der Waals surface area contributed by atoms with Gasteiger partial charge in [-0.15, -0.1) is 5.10 Å². The standard InChI is InChI=1S/C28H35N5O5/c1-15(2)23(27(36)38-28(4,5)6)31-25(35)22-14-29-26(37-22)19-9-7-8-18(12-19)20-13-21(33-32-20)24(34)30-16(3)17-10-11-17/h7-9,12,14-17,23H,10-11,13H2,1-6H3,(H,30,34)(H,31,35)/t16-,23-/m0/s1. The molecule has 10 nitrogen and oxygen atoms in total. The lowest BCUT2D eigenvalue weighted by atomic mass is 10.0. The van der Waals surface area contributed by atoms with E-state index in [2.05, 4.69) is 25.8 Å². The second-order valence-electron chi connectivity index (χ2n) is 11.2. The summed E-state index contributed by atoms with van der Waals surface area (Å²) in [6, 6.07) is 6.62. The molecule has 0 radical (unpaired) electrons. The van der Waals surface area contributed by atoms with Gasteiger partial charge in [-0.1, -0.05) is 26.0 Å². The molecule has 0 unspecified atom stereocenters. The van der Waals surface area contributed by atoms with E-state index in [0.29, 0.717) is 29.3 Å². The Morgan fingerprint density at radius 1 is 1.03 bits per heavy atom. The van der Waals surface area contributed by atoms with E-state index in [0.717, 1.165) is 18.4 Å². The fourth-order valence-electron chi connectivity index (χ4n) is 4.06. The van der Waals surface area contributed by atoms with E-state index < -0.39 is 23.5 Å². The van der Waals surface area contributed by atoms with Crippen molar-refractivity contribution < 1.29 is 23.5 Å². The molecule has 1 saturated carbocycles. The molecule has 4 rings (SSSR count). The fourth-order valence-corrected chi connectivity index (χ4v) is 4.06. The average molecular weight is 522 g/mol. The first kappa shape index (κ1) is 27.2. The molecule has 2 aliphatic rings. The molecular formula is C28H35N5O5. The lowest BCUT2D eigenvalue weighted by molar-refractivity contribution is -0.158. The molecule has 1 fully saturated rings. The third-order valence-corrected chi connectivity index (χ3v) is 6.36. The Morgan fingerprint density at radius 3 is 2.39 bits per heavy atom. The van der Waals surface area contributed by atoms with Gasteiger partial charge >= 0.3 is 5.97 Å². The number of hydrogen-bond acceptors (Lipinski definition) is 8. The summed E-state index contributed by atoms with van der Waals surface area (Å²) in [7, 11) is 0. The van der Waals surface area contributed by atoms with Crippen molar-refractivity contribution in [2.24, 2.45) is 22.0 Å². The highest BCUT2D eigenvalue weighted by Gasteiger charge is 2.32. The molecule has 2 atom stereocenters. The van der Waals surface area contributed by atoms with Crippen molar-refractivity contribution in [2.75, 3.05) is 0 Å². The molecule has 2 amide bonds. The average Bonchev–Trinajstić information content (AvgIpc) is 3.37. The van der Waals surface area contributed by atoms with Crippen LogP contribution in [0.1, 0.15) is 76.9 Å². The number of esters is 1. The number of nitrogens with one attached hydrogen (secondary N) is 2. The summed E-state index contributed by atoms with van der Waals surface area (Å²) >= 11 is 0. The number of benzene rings is 1. The first-order valence-electron chi connectivity index (χ1n) is 13.0. The quantitative estimate of drug-likeness (QED) is 0.481. The molecule has 10 heteroatoms. The number of carbonyl (C=O) groups is 3. The Kier molecular flexibility index (Phi) is 7.80. The van der Waals surface area contributed by atoms with Gasteiger partial charge in [-0.3, -0.25) is 9.59 Å². The number of hydrogen-bond donors (Lipinski definition) is 2. The predicted octanol–water partition coefficient (Wildman–Crippen LogP) is 3.90. The molecule has 202 valence electrons. The van der Waals surface area contributed by atoms with Gasteiger partial charge in [0, 0.05) is 18.0 Å². The largest absolute Gasteiger partial charge is 0.458 e. The number of ether oxygens (including phenoxy) is 1.